The summed E-state index contributed by atoms with van der Waals surface area (Å²) in [6, 6.07) is 22.2. The second kappa shape index (κ2) is 11.5. The monoisotopic (exact) mass is 518 g/mol. The predicted molar refractivity (Wildman–Crippen MR) is 143 cm³/mol. The average molecular weight is 519 g/mol. The van der Waals surface area contributed by atoms with Gasteiger partial charge in [0, 0.05) is 16.1 Å². The van der Waals surface area contributed by atoms with E-state index in [0.29, 0.717) is 28.5 Å². The Morgan fingerprint density at radius 3 is 2.50 bits per heavy atom. The van der Waals surface area contributed by atoms with Crippen LogP contribution in [0.4, 0.5) is 0 Å². The largest absolute Gasteiger partial charge is 0.490 e. The van der Waals surface area contributed by atoms with Crippen LogP contribution in [0.5, 0.6) is 11.5 Å². The number of esters is 1. The van der Waals surface area contributed by atoms with Crippen LogP contribution in [-0.2, 0) is 0 Å². The van der Waals surface area contributed by atoms with Crippen molar-refractivity contribution < 1.29 is 19.1 Å². The number of amides is 1. The molecule has 0 aliphatic carbocycles. The smallest absolute Gasteiger partial charge is 0.345 e. The molecule has 0 aliphatic rings. The molecule has 8 heteroatoms. The quantitative estimate of drug-likeness (QED) is 0.0925. The third kappa shape index (κ3) is 5.92. The average Bonchev–Trinajstić information content (AvgIpc) is 2.88. The van der Waals surface area contributed by atoms with Crippen molar-refractivity contribution in [3.8, 4) is 11.5 Å². The molecule has 0 atom stereocenters. The normalized spacial score (nSPS) is 10.8. The fourth-order valence-corrected chi connectivity index (χ4v) is 3.87. The molecule has 1 amide bonds. The number of nitrogens with zero attached hydrogens (tertiary/aromatic N) is 1. The van der Waals surface area contributed by atoms with E-state index < -0.39 is 11.9 Å². The molecule has 4 rings (SSSR count). The molecule has 0 aromatic heterocycles. The molecule has 6 nitrogen and oxygen atoms in total. The van der Waals surface area contributed by atoms with Gasteiger partial charge in [0.1, 0.15) is 18.1 Å². The third-order valence-electron chi connectivity index (χ3n) is 5.13. The van der Waals surface area contributed by atoms with Crippen LogP contribution < -0.4 is 14.9 Å². The highest BCUT2D eigenvalue weighted by molar-refractivity contribution is 6.36. The highest BCUT2D eigenvalue weighted by atomic mass is 35.5. The lowest BCUT2D eigenvalue weighted by molar-refractivity contribution is 0.0734. The van der Waals surface area contributed by atoms with E-state index in [1.165, 1.54) is 18.3 Å². The van der Waals surface area contributed by atoms with Crippen molar-refractivity contribution in [1.29, 1.82) is 0 Å². The summed E-state index contributed by atoms with van der Waals surface area (Å²) in [7, 11) is 0. The first-order valence-electron chi connectivity index (χ1n) is 10.8. The van der Waals surface area contributed by atoms with Crippen LogP contribution in [0.15, 0.2) is 96.6 Å². The van der Waals surface area contributed by atoms with Crippen LogP contribution >= 0.6 is 23.2 Å². The molecule has 4 aromatic carbocycles. The predicted octanol–water partition coefficient (Wildman–Crippen LogP) is 6.69. The molecule has 0 radical (unpaired) electrons. The fourth-order valence-electron chi connectivity index (χ4n) is 3.39. The first-order chi connectivity index (χ1) is 17.5. The number of benzene rings is 4. The Hall–Kier alpha value is -4.13. The number of nitrogens with one attached hydrogen (secondary N) is 1. The number of hydrogen-bond donors (Lipinski definition) is 1. The van der Waals surface area contributed by atoms with Crippen molar-refractivity contribution in [3.05, 3.63) is 118 Å². The Morgan fingerprint density at radius 1 is 0.972 bits per heavy atom. The lowest BCUT2D eigenvalue weighted by Crippen LogP contribution is -2.17. The maximum Gasteiger partial charge on any atom is 0.345 e. The molecule has 0 bridgehead atoms. The van der Waals surface area contributed by atoms with Gasteiger partial charge < -0.3 is 9.47 Å². The summed E-state index contributed by atoms with van der Waals surface area (Å²) in [5, 5.41) is 6.38. The SMILES string of the molecule is C=CCOc1ccc(C(=O)N/N=C/c2c(OC(=O)c3ccc(Cl)cc3Cl)ccc3ccccc23)cc1. The number of halogens is 2. The summed E-state index contributed by atoms with van der Waals surface area (Å²) in [5.41, 5.74) is 3.59. The lowest BCUT2D eigenvalue weighted by Gasteiger charge is -2.11. The number of hydrogen-bond acceptors (Lipinski definition) is 5. The van der Waals surface area contributed by atoms with E-state index in [9.17, 15) is 9.59 Å². The number of fused-ring (bicyclic) bond motifs is 1. The Kier molecular flexibility index (Phi) is 8.00. The summed E-state index contributed by atoms with van der Waals surface area (Å²) in [6.07, 6.45) is 3.08. The number of carbonyl (C=O) groups excluding carboxylic acids is 2. The minimum absolute atomic E-state index is 0.172. The minimum Gasteiger partial charge on any atom is -0.490 e. The van der Waals surface area contributed by atoms with Gasteiger partial charge in [-0.05, 0) is 59.3 Å². The van der Waals surface area contributed by atoms with Gasteiger partial charge in [0.05, 0.1) is 16.8 Å². The third-order valence-corrected chi connectivity index (χ3v) is 5.68. The maximum absolute atomic E-state index is 12.8. The molecule has 0 aliphatic heterocycles. The van der Waals surface area contributed by atoms with E-state index in [2.05, 4.69) is 17.1 Å². The molecule has 0 spiro atoms. The minimum atomic E-state index is -0.649. The molecule has 0 fully saturated rings. The second-order valence-corrected chi connectivity index (χ2v) is 8.38. The van der Waals surface area contributed by atoms with Crippen LogP contribution in [0.2, 0.25) is 10.0 Å². The van der Waals surface area contributed by atoms with Crippen LogP contribution in [0.3, 0.4) is 0 Å². The number of carbonyl (C=O) groups is 2. The molecule has 180 valence electrons. The van der Waals surface area contributed by atoms with Gasteiger partial charge in [-0.1, -0.05) is 66.2 Å². The highest BCUT2D eigenvalue weighted by Crippen LogP contribution is 2.29. The Morgan fingerprint density at radius 2 is 1.75 bits per heavy atom. The van der Waals surface area contributed by atoms with E-state index >= 15 is 0 Å². The number of rotatable bonds is 8. The molecule has 0 saturated heterocycles. The van der Waals surface area contributed by atoms with Crippen LogP contribution in [0.25, 0.3) is 10.8 Å². The number of hydrazone groups is 1. The topological polar surface area (TPSA) is 77.0 Å². The molecule has 0 unspecified atom stereocenters. The van der Waals surface area contributed by atoms with E-state index in [0.717, 1.165) is 10.8 Å². The molecular weight excluding hydrogens is 499 g/mol. The molecular formula is C28H20Cl2N2O4. The Labute approximate surface area is 217 Å². The summed E-state index contributed by atoms with van der Waals surface area (Å²) >= 11 is 12.1. The van der Waals surface area contributed by atoms with Gasteiger partial charge in [-0.3, -0.25) is 4.79 Å². The Balaban J connectivity index is 1.57. The van der Waals surface area contributed by atoms with Gasteiger partial charge in [-0.2, -0.15) is 5.10 Å². The number of ether oxygens (including phenoxy) is 2. The van der Waals surface area contributed by atoms with Crippen molar-refractivity contribution in [3.63, 3.8) is 0 Å². The fraction of sp³-hybridized carbons (Fsp3) is 0.0357. The summed E-state index contributed by atoms with van der Waals surface area (Å²) in [6.45, 7) is 3.97. The summed E-state index contributed by atoms with van der Waals surface area (Å²) < 4.78 is 11.1. The van der Waals surface area contributed by atoms with Gasteiger partial charge in [-0.25, -0.2) is 10.2 Å². The van der Waals surface area contributed by atoms with Crippen molar-refractivity contribution in [2.24, 2.45) is 5.10 Å². The molecule has 36 heavy (non-hydrogen) atoms. The van der Waals surface area contributed by atoms with Gasteiger partial charge in [-0.15, -0.1) is 0 Å². The van der Waals surface area contributed by atoms with Gasteiger partial charge in [0.25, 0.3) is 5.91 Å². The van der Waals surface area contributed by atoms with Crippen molar-refractivity contribution in [2.45, 2.75) is 0 Å². The zero-order valence-corrected chi connectivity index (χ0v) is 20.4. The first kappa shape index (κ1) is 25.0. The van der Waals surface area contributed by atoms with Crippen molar-refractivity contribution >= 4 is 52.1 Å². The zero-order valence-electron chi connectivity index (χ0n) is 18.9. The van der Waals surface area contributed by atoms with Crippen LogP contribution in [-0.4, -0.2) is 24.7 Å². The molecule has 0 heterocycles. The van der Waals surface area contributed by atoms with Gasteiger partial charge in [0.2, 0.25) is 0 Å². The second-order valence-electron chi connectivity index (χ2n) is 7.54. The van der Waals surface area contributed by atoms with E-state index in [-0.39, 0.29) is 16.3 Å². The summed E-state index contributed by atoms with van der Waals surface area (Å²) in [5.74, 6) is -0.179. The van der Waals surface area contributed by atoms with Crippen LogP contribution in [0, 0.1) is 0 Å². The van der Waals surface area contributed by atoms with Gasteiger partial charge in [0.15, 0.2) is 0 Å². The van der Waals surface area contributed by atoms with Crippen molar-refractivity contribution in [1.82, 2.24) is 5.43 Å². The van der Waals surface area contributed by atoms with E-state index in [4.69, 9.17) is 32.7 Å². The van der Waals surface area contributed by atoms with E-state index in [1.807, 2.05) is 30.3 Å². The molecule has 1 N–H and O–H groups in total. The lowest BCUT2D eigenvalue weighted by atomic mass is 10.0. The Bertz CT molecular complexity index is 1470. The van der Waals surface area contributed by atoms with E-state index in [1.54, 1.807) is 42.5 Å². The first-order valence-corrected chi connectivity index (χ1v) is 11.6. The van der Waals surface area contributed by atoms with Gasteiger partial charge >= 0.3 is 5.97 Å². The molecule has 0 saturated carbocycles. The van der Waals surface area contributed by atoms with Crippen molar-refractivity contribution in [2.75, 3.05) is 6.61 Å². The standard InChI is InChI=1S/C28H20Cl2N2O4/c1-2-15-35-21-11-7-19(8-12-21)27(33)32-31-17-24-22-6-4-3-5-18(22)9-14-26(24)36-28(34)23-13-10-20(29)16-25(23)30/h2-14,16-17H,1,15H2,(H,32,33)/b31-17+. The molecule has 4 aromatic rings. The highest BCUT2D eigenvalue weighted by Gasteiger charge is 2.16. The summed E-state index contributed by atoms with van der Waals surface area (Å²) in [4.78, 5) is 25.4. The maximum atomic E-state index is 12.8. The zero-order chi connectivity index (χ0) is 25.5. The van der Waals surface area contributed by atoms with Crippen LogP contribution in [0.1, 0.15) is 26.3 Å².